The number of carbonyl (C=O) groups excluding carboxylic acids is 1. The summed E-state index contributed by atoms with van der Waals surface area (Å²) in [5.74, 6) is -2.41. The molecular formula is C13H15BN2O6S. The van der Waals surface area contributed by atoms with Crippen LogP contribution in [0.1, 0.15) is 11.3 Å². The number of carboxylic acids is 1. The van der Waals surface area contributed by atoms with E-state index in [0.717, 1.165) is 0 Å². The van der Waals surface area contributed by atoms with Crippen molar-refractivity contribution in [3.8, 4) is 0 Å². The van der Waals surface area contributed by atoms with Gasteiger partial charge in [0.2, 0.25) is 6.61 Å². The average molecular weight is 338 g/mol. The molecular weight excluding hydrogens is 323 g/mol. The highest BCUT2D eigenvalue weighted by molar-refractivity contribution is 7.13. The molecule has 0 bridgehead atoms. The highest BCUT2D eigenvalue weighted by Gasteiger charge is 2.30. The van der Waals surface area contributed by atoms with Crippen molar-refractivity contribution in [2.24, 2.45) is 5.16 Å². The number of carboxylic acid groups (broad SMARTS) is 1. The molecule has 0 spiro atoms. The maximum absolute atomic E-state index is 12.4. The van der Waals surface area contributed by atoms with Crippen LogP contribution in [0, 0.1) is 0 Å². The number of aliphatic carboxylic acids is 1. The standard InChI is InChI=1S/C13H15BN2O6S/c17-11(18)8-22-16-12(9-4-3-7-23-9)13(19)15-10-5-1-2-6-21-14(10)20/h1-4,7,10,20H,5-6,8H2,(H,15,19)(H,17,18)/b16-12+. The van der Waals surface area contributed by atoms with Gasteiger partial charge in [-0.25, -0.2) is 4.79 Å². The van der Waals surface area contributed by atoms with Crippen molar-refractivity contribution in [3.63, 3.8) is 0 Å². The van der Waals surface area contributed by atoms with Gasteiger partial charge in [0.15, 0.2) is 5.71 Å². The number of thiophene rings is 1. The van der Waals surface area contributed by atoms with Gasteiger partial charge in [-0.05, 0) is 17.9 Å². The summed E-state index contributed by atoms with van der Waals surface area (Å²) in [6, 6.07) is 3.39. The molecule has 3 N–H and O–H groups in total. The summed E-state index contributed by atoms with van der Waals surface area (Å²) < 4.78 is 5.11. The fraction of sp³-hybridized carbons (Fsp3) is 0.308. The lowest BCUT2D eigenvalue weighted by molar-refractivity contribution is -0.142. The predicted molar refractivity (Wildman–Crippen MR) is 84.1 cm³/mol. The summed E-state index contributed by atoms with van der Waals surface area (Å²) in [5, 5.41) is 26.4. The summed E-state index contributed by atoms with van der Waals surface area (Å²) in [7, 11) is -1.14. The molecule has 1 atom stereocenters. The average Bonchev–Trinajstić information content (AvgIpc) is 2.96. The van der Waals surface area contributed by atoms with E-state index >= 15 is 0 Å². The fourth-order valence-electron chi connectivity index (χ4n) is 1.83. The quantitative estimate of drug-likeness (QED) is 0.292. The third kappa shape index (κ3) is 5.20. The topological polar surface area (TPSA) is 117 Å². The SMILES string of the molecule is O=C(O)CO/N=C(/C(=O)NC1CC=CCOB1O)c1cccs1. The molecule has 23 heavy (non-hydrogen) atoms. The van der Waals surface area contributed by atoms with Crippen molar-refractivity contribution in [3.05, 3.63) is 34.5 Å². The molecule has 0 aliphatic carbocycles. The number of hydrogen-bond donors (Lipinski definition) is 3. The van der Waals surface area contributed by atoms with Gasteiger partial charge in [0.25, 0.3) is 5.91 Å². The highest BCUT2D eigenvalue weighted by atomic mass is 32.1. The Hall–Kier alpha value is -2.17. The lowest BCUT2D eigenvalue weighted by Gasteiger charge is -2.17. The van der Waals surface area contributed by atoms with E-state index in [4.69, 9.17) is 9.76 Å². The van der Waals surface area contributed by atoms with Gasteiger partial charge in [0.05, 0.1) is 10.8 Å². The summed E-state index contributed by atoms with van der Waals surface area (Å²) in [5.41, 5.74) is -0.0540. The maximum atomic E-state index is 12.4. The van der Waals surface area contributed by atoms with E-state index < -0.39 is 31.5 Å². The van der Waals surface area contributed by atoms with E-state index in [1.807, 2.05) is 0 Å². The molecule has 1 amide bonds. The fourth-order valence-corrected chi connectivity index (χ4v) is 2.53. The second-order valence-electron chi connectivity index (χ2n) is 4.60. The van der Waals surface area contributed by atoms with Crippen LogP contribution in [0.4, 0.5) is 0 Å². The van der Waals surface area contributed by atoms with Gasteiger partial charge in [-0.15, -0.1) is 11.3 Å². The third-order valence-electron chi connectivity index (χ3n) is 2.89. The van der Waals surface area contributed by atoms with Gasteiger partial charge < -0.3 is 24.9 Å². The van der Waals surface area contributed by atoms with Crippen LogP contribution in [0.3, 0.4) is 0 Å². The number of nitrogens with zero attached hydrogens (tertiary/aromatic N) is 1. The Kier molecular flexibility index (Phi) is 6.33. The normalized spacial score (nSPS) is 18.4. The van der Waals surface area contributed by atoms with Crippen molar-refractivity contribution in [2.45, 2.75) is 12.4 Å². The number of nitrogens with one attached hydrogen (secondary N) is 1. The van der Waals surface area contributed by atoms with Crippen molar-refractivity contribution in [1.82, 2.24) is 5.32 Å². The van der Waals surface area contributed by atoms with E-state index in [0.29, 0.717) is 11.3 Å². The Morgan fingerprint density at radius 3 is 3.04 bits per heavy atom. The number of rotatable bonds is 6. The Bertz CT molecular complexity index is 604. The number of amides is 1. The summed E-state index contributed by atoms with van der Waals surface area (Å²) in [6.45, 7) is -0.388. The molecule has 122 valence electrons. The van der Waals surface area contributed by atoms with Gasteiger partial charge in [0.1, 0.15) is 0 Å². The van der Waals surface area contributed by atoms with E-state index in [1.54, 1.807) is 29.7 Å². The Balaban J connectivity index is 2.09. The molecule has 0 saturated carbocycles. The van der Waals surface area contributed by atoms with Crippen molar-refractivity contribution in [1.29, 1.82) is 0 Å². The Labute approximate surface area is 136 Å². The first-order chi connectivity index (χ1) is 11.1. The molecule has 1 aromatic rings. The van der Waals surface area contributed by atoms with E-state index in [2.05, 4.69) is 15.3 Å². The van der Waals surface area contributed by atoms with Gasteiger partial charge in [0, 0.05) is 6.61 Å². The molecule has 1 aliphatic rings. The molecule has 2 rings (SSSR count). The van der Waals surface area contributed by atoms with Crippen LogP contribution in [-0.2, 0) is 19.1 Å². The zero-order chi connectivity index (χ0) is 16.7. The van der Waals surface area contributed by atoms with Crippen LogP contribution >= 0.6 is 11.3 Å². The number of oxime groups is 1. The number of carbonyl (C=O) groups is 2. The summed E-state index contributed by atoms with van der Waals surface area (Å²) in [6.07, 6.45) is 3.95. The van der Waals surface area contributed by atoms with Crippen molar-refractivity contribution < 1.29 is 29.2 Å². The van der Waals surface area contributed by atoms with Gasteiger partial charge in [-0.3, -0.25) is 4.79 Å². The van der Waals surface area contributed by atoms with E-state index in [1.165, 1.54) is 11.3 Å². The van der Waals surface area contributed by atoms with Gasteiger partial charge in [-0.1, -0.05) is 23.4 Å². The second-order valence-corrected chi connectivity index (χ2v) is 5.54. The molecule has 0 saturated heterocycles. The van der Waals surface area contributed by atoms with Crippen LogP contribution in [0.5, 0.6) is 0 Å². The monoisotopic (exact) mass is 338 g/mol. The van der Waals surface area contributed by atoms with Crippen LogP contribution in [0.15, 0.2) is 34.8 Å². The van der Waals surface area contributed by atoms with Gasteiger partial charge >= 0.3 is 13.1 Å². The molecule has 1 aliphatic heterocycles. The minimum atomic E-state index is -1.20. The van der Waals surface area contributed by atoms with E-state index in [9.17, 15) is 14.6 Å². The van der Waals surface area contributed by atoms with Crippen LogP contribution in [0.2, 0.25) is 0 Å². The highest BCUT2D eigenvalue weighted by Crippen LogP contribution is 2.12. The molecule has 0 fully saturated rings. The predicted octanol–water partition coefficient (Wildman–Crippen LogP) is 0.0344. The first kappa shape index (κ1) is 17.2. The first-order valence-corrected chi connectivity index (χ1v) is 7.67. The zero-order valence-electron chi connectivity index (χ0n) is 12.0. The number of hydrogen-bond acceptors (Lipinski definition) is 7. The second kappa shape index (κ2) is 8.46. The largest absolute Gasteiger partial charge is 0.479 e. The van der Waals surface area contributed by atoms with Crippen LogP contribution in [0.25, 0.3) is 0 Å². The minimum absolute atomic E-state index is 0.0540. The lowest BCUT2D eigenvalue weighted by Crippen LogP contribution is -2.49. The molecule has 1 unspecified atom stereocenters. The van der Waals surface area contributed by atoms with Crippen molar-refractivity contribution >= 4 is 36.0 Å². The van der Waals surface area contributed by atoms with Crippen molar-refractivity contribution in [2.75, 3.05) is 13.2 Å². The molecule has 0 radical (unpaired) electrons. The smallest absolute Gasteiger partial charge is 0.478 e. The molecule has 1 aromatic heterocycles. The Morgan fingerprint density at radius 1 is 1.52 bits per heavy atom. The first-order valence-electron chi connectivity index (χ1n) is 6.79. The Morgan fingerprint density at radius 2 is 2.35 bits per heavy atom. The minimum Gasteiger partial charge on any atom is -0.479 e. The summed E-state index contributed by atoms with van der Waals surface area (Å²) >= 11 is 1.26. The lowest BCUT2D eigenvalue weighted by atomic mass is 9.77. The van der Waals surface area contributed by atoms with Gasteiger partial charge in [-0.2, -0.15) is 0 Å². The van der Waals surface area contributed by atoms with Crippen LogP contribution < -0.4 is 5.32 Å². The molecule has 2 heterocycles. The maximum Gasteiger partial charge on any atom is 0.478 e. The van der Waals surface area contributed by atoms with E-state index in [-0.39, 0.29) is 12.3 Å². The van der Waals surface area contributed by atoms with Crippen LogP contribution in [-0.4, -0.2) is 54.0 Å². The summed E-state index contributed by atoms with van der Waals surface area (Å²) in [4.78, 5) is 28.1. The molecule has 0 aromatic carbocycles. The molecule has 8 nitrogen and oxygen atoms in total. The molecule has 10 heteroatoms. The zero-order valence-corrected chi connectivity index (χ0v) is 12.9. The third-order valence-corrected chi connectivity index (χ3v) is 3.77.